The fraction of sp³-hybridized carbons (Fsp3) is 0.444. The molecule has 1 heterocycles. The van der Waals surface area contributed by atoms with Gasteiger partial charge in [0, 0.05) is 52.1 Å². The van der Waals surface area contributed by atoms with Gasteiger partial charge < -0.3 is 19.7 Å². The number of hydrogen-bond acceptors (Lipinski definition) is 4. The van der Waals surface area contributed by atoms with Crippen LogP contribution in [0.2, 0.25) is 0 Å². The summed E-state index contributed by atoms with van der Waals surface area (Å²) < 4.78 is 12.5. The van der Waals surface area contributed by atoms with E-state index in [2.05, 4.69) is 20.3 Å². The van der Waals surface area contributed by atoms with Crippen LogP contribution in [0.25, 0.3) is 0 Å². The minimum absolute atomic E-state index is 0. The van der Waals surface area contributed by atoms with Gasteiger partial charge >= 0.3 is 0 Å². The van der Waals surface area contributed by atoms with E-state index in [9.17, 15) is 0 Å². The van der Waals surface area contributed by atoms with Gasteiger partial charge in [-0.15, -0.1) is 24.0 Å². The Labute approximate surface area is 172 Å². The fourth-order valence-corrected chi connectivity index (χ4v) is 2.62. The Balaban J connectivity index is 0.00000338. The van der Waals surface area contributed by atoms with Crippen molar-refractivity contribution in [2.75, 3.05) is 34.9 Å². The van der Waals surface area contributed by atoms with E-state index in [-0.39, 0.29) is 24.0 Å². The molecule has 1 N–H and O–H groups in total. The van der Waals surface area contributed by atoms with Gasteiger partial charge in [0.1, 0.15) is 11.5 Å². The summed E-state index contributed by atoms with van der Waals surface area (Å²) in [7, 11) is 9.02. The van der Waals surface area contributed by atoms with Crippen molar-refractivity contribution in [2.45, 2.75) is 13.0 Å². The summed E-state index contributed by atoms with van der Waals surface area (Å²) in [5.41, 5.74) is 2.27. The van der Waals surface area contributed by atoms with Crippen molar-refractivity contribution in [3.05, 3.63) is 41.7 Å². The van der Waals surface area contributed by atoms with E-state index >= 15 is 0 Å². The normalized spacial score (nSPS) is 10.9. The van der Waals surface area contributed by atoms with Crippen LogP contribution in [0.3, 0.4) is 0 Å². The third-order valence-electron chi connectivity index (χ3n) is 3.93. The molecule has 144 valence electrons. The van der Waals surface area contributed by atoms with E-state index in [4.69, 9.17) is 9.47 Å². The summed E-state index contributed by atoms with van der Waals surface area (Å²) >= 11 is 0. The number of rotatable bonds is 7. The van der Waals surface area contributed by atoms with Gasteiger partial charge in [-0.05, 0) is 24.1 Å². The molecule has 1 aromatic heterocycles. The standard InChI is InChI=1S/C18H27N5O2.HI/c1-19-18(20-9-8-14-11-21-23(3)12-14)22(2)13-15-6-7-16(24-4)10-17(15)25-5;/h6-7,10-12H,8-9,13H2,1-5H3,(H,19,20);1H. The van der Waals surface area contributed by atoms with Crippen LogP contribution >= 0.6 is 24.0 Å². The van der Waals surface area contributed by atoms with E-state index in [0.717, 1.165) is 36.0 Å². The van der Waals surface area contributed by atoms with Gasteiger partial charge in [-0.2, -0.15) is 5.10 Å². The summed E-state index contributed by atoms with van der Waals surface area (Å²) in [6, 6.07) is 5.84. The zero-order valence-corrected chi connectivity index (χ0v) is 18.4. The first-order valence-electron chi connectivity index (χ1n) is 8.17. The van der Waals surface area contributed by atoms with Crippen LogP contribution in [0.4, 0.5) is 0 Å². The predicted octanol–water partition coefficient (Wildman–Crippen LogP) is 2.31. The second-order valence-corrected chi connectivity index (χ2v) is 5.78. The number of ether oxygens (including phenoxy) is 2. The van der Waals surface area contributed by atoms with Gasteiger partial charge in [-0.25, -0.2) is 0 Å². The SMILES string of the molecule is CN=C(NCCc1cnn(C)c1)N(C)Cc1ccc(OC)cc1OC.I. The van der Waals surface area contributed by atoms with E-state index < -0.39 is 0 Å². The Morgan fingerprint density at radius 3 is 2.65 bits per heavy atom. The maximum absolute atomic E-state index is 5.47. The molecule has 2 aromatic rings. The lowest BCUT2D eigenvalue weighted by atomic mass is 10.2. The monoisotopic (exact) mass is 473 g/mol. The first kappa shape index (κ1) is 22.1. The second-order valence-electron chi connectivity index (χ2n) is 5.78. The largest absolute Gasteiger partial charge is 0.497 e. The Hall–Kier alpha value is -1.97. The topological polar surface area (TPSA) is 63.9 Å². The molecule has 1 aromatic carbocycles. The Bertz CT molecular complexity index is 717. The molecular weight excluding hydrogens is 445 g/mol. The lowest BCUT2D eigenvalue weighted by Crippen LogP contribution is -2.39. The van der Waals surface area contributed by atoms with E-state index in [1.165, 1.54) is 5.56 Å². The van der Waals surface area contributed by atoms with E-state index in [0.29, 0.717) is 6.54 Å². The van der Waals surface area contributed by atoms with Gasteiger partial charge in [-0.1, -0.05) is 0 Å². The number of methoxy groups -OCH3 is 2. The zero-order chi connectivity index (χ0) is 18.2. The molecule has 0 aliphatic carbocycles. The van der Waals surface area contributed by atoms with Crippen LogP contribution in [0.15, 0.2) is 35.6 Å². The molecular formula is C18H28IN5O2. The first-order valence-corrected chi connectivity index (χ1v) is 8.17. The molecule has 0 fully saturated rings. The molecule has 0 unspecified atom stereocenters. The molecule has 0 spiro atoms. The van der Waals surface area contributed by atoms with Gasteiger partial charge in [-0.3, -0.25) is 9.67 Å². The van der Waals surface area contributed by atoms with Crippen molar-refractivity contribution in [3.8, 4) is 11.5 Å². The Morgan fingerprint density at radius 2 is 2.08 bits per heavy atom. The number of halogens is 1. The van der Waals surface area contributed by atoms with Crippen LogP contribution in [0.1, 0.15) is 11.1 Å². The van der Waals surface area contributed by atoms with Crippen molar-refractivity contribution in [1.29, 1.82) is 0 Å². The quantitative estimate of drug-likeness (QED) is 0.380. The second kappa shape index (κ2) is 10.9. The summed E-state index contributed by atoms with van der Waals surface area (Å²) in [5.74, 6) is 2.42. The predicted molar refractivity (Wildman–Crippen MR) is 115 cm³/mol. The molecule has 0 saturated heterocycles. The summed E-state index contributed by atoms with van der Waals surface area (Å²) in [6.07, 6.45) is 4.80. The van der Waals surface area contributed by atoms with Crippen LogP contribution in [-0.4, -0.2) is 55.5 Å². The van der Waals surface area contributed by atoms with Gasteiger partial charge in [0.05, 0.1) is 20.4 Å². The van der Waals surface area contributed by atoms with Crippen molar-refractivity contribution in [2.24, 2.45) is 12.0 Å². The summed E-state index contributed by atoms with van der Waals surface area (Å²) in [4.78, 5) is 6.42. The third kappa shape index (κ3) is 6.08. The number of benzene rings is 1. The number of nitrogens with one attached hydrogen (secondary N) is 1. The van der Waals surface area contributed by atoms with Crippen molar-refractivity contribution >= 4 is 29.9 Å². The van der Waals surface area contributed by atoms with Crippen molar-refractivity contribution in [1.82, 2.24) is 20.0 Å². The molecule has 0 radical (unpaired) electrons. The highest BCUT2D eigenvalue weighted by atomic mass is 127. The molecule has 26 heavy (non-hydrogen) atoms. The lowest BCUT2D eigenvalue weighted by Gasteiger charge is -2.23. The fourth-order valence-electron chi connectivity index (χ4n) is 2.62. The van der Waals surface area contributed by atoms with Gasteiger partial charge in [0.2, 0.25) is 0 Å². The lowest BCUT2D eigenvalue weighted by molar-refractivity contribution is 0.382. The number of aryl methyl sites for hydroxylation is 1. The van der Waals surface area contributed by atoms with E-state index in [1.54, 1.807) is 21.3 Å². The molecule has 8 heteroatoms. The minimum atomic E-state index is 0. The number of guanidine groups is 1. The minimum Gasteiger partial charge on any atom is -0.497 e. The number of aliphatic imine (C=N–C) groups is 1. The highest BCUT2D eigenvalue weighted by Crippen LogP contribution is 2.25. The van der Waals surface area contributed by atoms with Crippen LogP contribution < -0.4 is 14.8 Å². The van der Waals surface area contributed by atoms with E-state index in [1.807, 2.05) is 49.4 Å². The summed E-state index contributed by atoms with van der Waals surface area (Å²) in [6.45, 7) is 1.47. The molecule has 0 amide bonds. The van der Waals surface area contributed by atoms with Crippen molar-refractivity contribution in [3.63, 3.8) is 0 Å². The highest BCUT2D eigenvalue weighted by Gasteiger charge is 2.11. The van der Waals surface area contributed by atoms with Gasteiger partial charge in [0.15, 0.2) is 5.96 Å². The molecule has 0 atom stereocenters. The number of hydrogen-bond donors (Lipinski definition) is 1. The van der Waals surface area contributed by atoms with Crippen molar-refractivity contribution < 1.29 is 9.47 Å². The average molecular weight is 473 g/mol. The van der Waals surface area contributed by atoms with Gasteiger partial charge in [0.25, 0.3) is 0 Å². The maximum Gasteiger partial charge on any atom is 0.193 e. The molecule has 2 rings (SSSR count). The molecule has 0 bridgehead atoms. The average Bonchev–Trinajstić information content (AvgIpc) is 3.04. The zero-order valence-electron chi connectivity index (χ0n) is 16.0. The molecule has 0 aliphatic rings. The molecule has 0 saturated carbocycles. The number of aromatic nitrogens is 2. The molecule has 0 aliphatic heterocycles. The van der Waals surface area contributed by atoms with Crippen LogP contribution in [0.5, 0.6) is 11.5 Å². The van der Waals surface area contributed by atoms with Crippen LogP contribution in [0, 0.1) is 0 Å². The van der Waals surface area contributed by atoms with Crippen LogP contribution in [-0.2, 0) is 20.0 Å². The molecule has 7 nitrogen and oxygen atoms in total. The highest BCUT2D eigenvalue weighted by molar-refractivity contribution is 14.0. The summed E-state index contributed by atoms with van der Waals surface area (Å²) in [5, 5.41) is 7.56. The third-order valence-corrected chi connectivity index (χ3v) is 3.93. The number of nitrogens with zero attached hydrogens (tertiary/aromatic N) is 4. The smallest absolute Gasteiger partial charge is 0.193 e. The Morgan fingerprint density at radius 1 is 1.31 bits per heavy atom. The Kier molecular flexibility index (Phi) is 9.25. The maximum atomic E-state index is 5.47. The first-order chi connectivity index (χ1) is 12.1.